The van der Waals surface area contributed by atoms with E-state index < -0.39 is 17.7 Å². The molecule has 0 fully saturated rings. The molecule has 1 atom stereocenters. The molecule has 2 heterocycles. The van der Waals surface area contributed by atoms with Gasteiger partial charge in [0.15, 0.2) is 16.8 Å². The Morgan fingerprint density at radius 3 is 2.69 bits per heavy atom. The van der Waals surface area contributed by atoms with Crippen LogP contribution < -0.4 is 5.32 Å². The number of nitrogens with zero attached hydrogens (tertiary/aromatic N) is 2. The number of amides is 2. The SMILES string of the molecule is Cc1occc1C(=O)Nc1nc(CC(=O)N(C)[C@@H](C)c2ccc(F)c(F)c2)cs1. The second-order valence-electron chi connectivity index (χ2n) is 6.52. The van der Waals surface area contributed by atoms with Crippen LogP contribution in [0.1, 0.15) is 40.3 Å². The van der Waals surface area contributed by atoms with E-state index in [2.05, 4.69) is 10.3 Å². The van der Waals surface area contributed by atoms with E-state index in [9.17, 15) is 18.4 Å². The minimum atomic E-state index is -0.956. The molecule has 2 amide bonds. The van der Waals surface area contributed by atoms with Crippen LogP contribution in [0.4, 0.5) is 13.9 Å². The molecule has 0 bridgehead atoms. The van der Waals surface area contributed by atoms with Gasteiger partial charge in [-0.15, -0.1) is 11.3 Å². The standard InChI is InChI=1S/C20H19F2N3O3S/c1-11(13-4-5-16(21)17(22)8-13)25(3)18(26)9-14-10-29-20(23-14)24-19(27)15-6-7-28-12(15)2/h4-8,10-11H,9H2,1-3H3,(H,23,24,27)/t11-/m0/s1. The summed E-state index contributed by atoms with van der Waals surface area (Å²) in [5, 5.41) is 4.73. The summed E-state index contributed by atoms with van der Waals surface area (Å²) < 4.78 is 31.7. The van der Waals surface area contributed by atoms with Crippen molar-refractivity contribution in [2.75, 3.05) is 12.4 Å². The molecule has 3 rings (SSSR count). The Morgan fingerprint density at radius 1 is 1.28 bits per heavy atom. The number of carbonyl (C=O) groups is 2. The van der Waals surface area contributed by atoms with Crippen molar-refractivity contribution in [3.05, 3.63) is 70.1 Å². The molecular weight excluding hydrogens is 400 g/mol. The first-order chi connectivity index (χ1) is 13.8. The van der Waals surface area contributed by atoms with E-state index >= 15 is 0 Å². The fourth-order valence-electron chi connectivity index (χ4n) is 2.72. The molecule has 0 aliphatic heterocycles. The van der Waals surface area contributed by atoms with Gasteiger partial charge in [-0.1, -0.05) is 6.07 Å². The maximum absolute atomic E-state index is 13.5. The van der Waals surface area contributed by atoms with E-state index in [1.165, 1.54) is 28.6 Å². The number of aryl methyl sites for hydroxylation is 1. The number of rotatable bonds is 6. The number of hydrogen-bond donors (Lipinski definition) is 1. The number of benzene rings is 1. The van der Waals surface area contributed by atoms with E-state index in [1.807, 2.05) is 0 Å². The Morgan fingerprint density at radius 2 is 2.03 bits per heavy atom. The summed E-state index contributed by atoms with van der Waals surface area (Å²) in [7, 11) is 1.59. The lowest BCUT2D eigenvalue weighted by Gasteiger charge is -2.25. The van der Waals surface area contributed by atoms with Crippen LogP contribution in [0, 0.1) is 18.6 Å². The molecule has 3 aromatic rings. The normalized spacial score (nSPS) is 11.9. The zero-order valence-electron chi connectivity index (χ0n) is 16.0. The van der Waals surface area contributed by atoms with E-state index in [4.69, 9.17) is 4.42 Å². The zero-order valence-corrected chi connectivity index (χ0v) is 16.8. The van der Waals surface area contributed by atoms with Gasteiger partial charge < -0.3 is 9.32 Å². The van der Waals surface area contributed by atoms with Crippen LogP contribution in [0.15, 0.2) is 40.3 Å². The summed E-state index contributed by atoms with van der Waals surface area (Å²) in [6.45, 7) is 3.41. The Balaban J connectivity index is 1.62. The van der Waals surface area contributed by atoms with E-state index in [-0.39, 0.29) is 18.2 Å². The minimum absolute atomic E-state index is 0.0155. The van der Waals surface area contributed by atoms with Crippen LogP contribution in [0.25, 0.3) is 0 Å². The van der Waals surface area contributed by atoms with Gasteiger partial charge in [0.2, 0.25) is 5.91 Å². The van der Waals surface area contributed by atoms with Crippen LogP contribution in [0.3, 0.4) is 0 Å². The number of furan rings is 1. The van der Waals surface area contributed by atoms with Gasteiger partial charge in [-0.25, -0.2) is 13.8 Å². The van der Waals surface area contributed by atoms with Crippen LogP contribution in [-0.4, -0.2) is 28.7 Å². The highest BCUT2D eigenvalue weighted by Crippen LogP contribution is 2.23. The number of aromatic nitrogens is 1. The lowest BCUT2D eigenvalue weighted by atomic mass is 10.1. The number of thiazole rings is 1. The average Bonchev–Trinajstić information content (AvgIpc) is 3.31. The molecule has 1 N–H and O–H groups in total. The van der Waals surface area contributed by atoms with Gasteiger partial charge in [-0.3, -0.25) is 14.9 Å². The summed E-state index contributed by atoms with van der Waals surface area (Å²) in [6.07, 6.45) is 1.45. The first-order valence-electron chi connectivity index (χ1n) is 8.76. The molecule has 29 heavy (non-hydrogen) atoms. The summed E-state index contributed by atoms with van der Waals surface area (Å²) in [6, 6.07) is 4.69. The van der Waals surface area contributed by atoms with Crippen LogP contribution in [0.5, 0.6) is 0 Å². The molecule has 9 heteroatoms. The molecule has 152 valence electrons. The third kappa shape index (κ3) is 4.68. The molecular formula is C20H19F2N3O3S. The molecule has 0 unspecified atom stereocenters. The maximum Gasteiger partial charge on any atom is 0.260 e. The first-order valence-corrected chi connectivity index (χ1v) is 9.64. The molecule has 0 aliphatic carbocycles. The van der Waals surface area contributed by atoms with Crippen molar-refractivity contribution in [2.45, 2.75) is 26.3 Å². The smallest absolute Gasteiger partial charge is 0.260 e. The van der Waals surface area contributed by atoms with Gasteiger partial charge in [-0.2, -0.15) is 0 Å². The number of anilines is 1. The minimum Gasteiger partial charge on any atom is -0.469 e. The summed E-state index contributed by atoms with van der Waals surface area (Å²) in [4.78, 5) is 30.5. The number of halogens is 2. The van der Waals surface area contributed by atoms with Gasteiger partial charge >= 0.3 is 0 Å². The highest BCUT2D eigenvalue weighted by atomic mass is 32.1. The fraction of sp³-hybridized carbons (Fsp3) is 0.250. The summed E-state index contributed by atoms with van der Waals surface area (Å²) >= 11 is 1.21. The number of nitrogens with one attached hydrogen (secondary N) is 1. The molecule has 0 saturated heterocycles. The molecule has 1 aromatic carbocycles. The highest BCUT2D eigenvalue weighted by molar-refractivity contribution is 7.14. The van der Waals surface area contributed by atoms with Gasteiger partial charge in [0.05, 0.1) is 30.0 Å². The van der Waals surface area contributed by atoms with Gasteiger partial charge in [0, 0.05) is 12.4 Å². The lowest BCUT2D eigenvalue weighted by Crippen LogP contribution is -2.31. The van der Waals surface area contributed by atoms with Crippen molar-refractivity contribution in [2.24, 2.45) is 0 Å². The van der Waals surface area contributed by atoms with Gasteiger partial charge in [0.25, 0.3) is 5.91 Å². The summed E-state index contributed by atoms with van der Waals surface area (Å²) in [5.74, 6) is -1.97. The molecule has 0 aliphatic rings. The zero-order chi connectivity index (χ0) is 21.1. The molecule has 0 spiro atoms. The number of hydrogen-bond acceptors (Lipinski definition) is 5. The largest absolute Gasteiger partial charge is 0.469 e. The topological polar surface area (TPSA) is 75.4 Å². The molecule has 0 radical (unpaired) electrons. The van der Waals surface area contributed by atoms with E-state index in [1.54, 1.807) is 32.3 Å². The third-order valence-electron chi connectivity index (χ3n) is 4.61. The maximum atomic E-state index is 13.5. The Labute approximate surface area is 170 Å². The predicted molar refractivity (Wildman–Crippen MR) is 105 cm³/mol. The van der Waals surface area contributed by atoms with Crippen molar-refractivity contribution in [3.8, 4) is 0 Å². The van der Waals surface area contributed by atoms with Crippen molar-refractivity contribution in [3.63, 3.8) is 0 Å². The van der Waals surface area contributed by atoms with E-state index in [0.717, 1.165) is 12.1 Å². The second-order valence-corrected chi connectivity index (χ2v) is 7.38. The Hall–Kier alpha value is -3.07. The Bertz CT molecular complexity index is 1050. The fourth-order valence-corrected chi connectivity index (χ4v) is 3.43. The van der Waals surface area contributed by atoms with Crippen molar-refractivity contribution >= 4 is 28.3 Å². The molecule has 6 nitrogen and oxygen atoms in total. The van der Waals surface area contributed by atoms with E-state index in [0.29, 0.717) is 27.7 Å². The molecule has 2 aromatic heterocycles. The van der Waals surface area contributed by atoms with Crippen molar-refractivity contribution < 1.29 is 22.8 Å². The van der Waals surface area contributed by atoms with Crippen LogP contribution >= 0.6 is 11.3 Å². The van der Waals surface area contributed by atoms with Crippen molar-refractivity contribution in [1.29, 1.82) is 0 Å². The lowest BCUT2D eigenvalue weighted by molar-refractivity contribution is -0.131. The second kappa shape index (κ2) is 8.52. The monoisotopic (exact) mass is 419 g/mol. The van der Waals surface area contributed by atoms with Crippen LogP contribution in [0.2, 0.25) is 0 Å². The molecule has 0 saturated carbocycles. The first kappa shape index (κ1) is 20.7. The van der Waals surface area contributed by atoms with Crippen LogP contribution in [-0.2, 0) is 11.2 Å². The average molecular weight is 419 g/mol. The predicted octanol–water partition coefficient (Wildman–Crippen LogP) is 4.34. The van der Waals surface area contributed by atoms with Gasteiger partial charge in [0.1, 0.15) is 5.76 Å². The summed E-state index contributed by atoms with van der Waals surface area (Å²) in [5.41, 5.74) is 1.41. The number of likely N-dealkylation sites (N-methyl/N-ethyl adjacent to an activating group) is 1. The number of carbonyl (C=O) groups excluding carboxylic acids is 2. The van der Waals surface area contributed by atoms with Crippen molar-refractivity contribution in [1.82, 2.24) is 9.88 Å². The third-order valence-corrected chi connectivity index (χ3v) is 5.41. The quantitative estimate of drug-likeness (QED) is 0.645. The highest BCUT2D eigenvalue weighted by Gasteiger charge is 2.20. The van der Waals surface area contributed by atoms with Gasteiger partial charge in [-0.05, 0) is 37.6 Å². The Kier molecular flexibility index (Phi) is 6.07.